The molecule has 0 saturated carbocycles. The third kappa shape index (κ3) is 6.11. The summed E-state index contributed by atoms with van der Waals surface area (Å²) in [5.41, 5.74) is 2.99. The minimum atomic E-state index is -4.48. The van der Waals surface area contributed by atoms with E-state index >= 15 is 0 Å². The average Bonchev–Trinajstić information content (AvgIpc) is 2.81. The van der Waals surface area contributed by atoms with Crippen molar-refractivity contribution < 1.29 is 23.1 Å². The SMILES string of the molecule is C=C(O)C1CN(Cc2ccc(/C(C)=N/OCc3ccc(-c4ccccc4)c(C(F)(F)F)c3)cc2)C1. The van der Waals surface area contributed by atoms with Crippen molar-refractivity contribution in [2.24, 2.45) is 11.1 Å². The molecule has 0 aromatic heterocycles. The number of benzene rings is 3. The van der Waals surface area contributed by atoms with E-state index in [0.717, 1.165) is 36.8 Å². The van der Waals surface area contributed by atoms with Gasteiger partial charge in [0, 0.05) is 25.6 Å². The Morgan fingerprint density at radius 1 is 1.03 bits per heavy atom. The van der Waals surface area contributed by atoms with Gasteiger partial charge in [0.2, 0.25) is 0 Å². The molecule has 1 aliphatic heterocycles. The topological polar surface area (TPSA) is 45.1 Å². The van der Waals surface area contributed by atoms with Crippen LogP contribution in [0.5, 0.6) is 0 Å². The maximum atomic E-state index is 13.7. The predicted molar refractivity (Wildman–Crippen MR) is 131 cm³/mol. The summed E-state index contributed by atoms with van der Waals surface area (Å²) in [5.74, 6) is 0.396. The third-order valence-electron chi connectivity index (χ3n) is 6.11. The summed E-state index contributed by atoms with van der Waals surface area (Å²) in [5, 5.41) is 13.5. The summed E-state index contributed by atoms with van der Waals surface area (Å²) in [6.07, 6.45) is -4.48. The summed E-state index contributed by atoms with van der Waals surface area (Å²) < 4.78 is 41.1. The molecule has 7 heteroatoms. The molecular formula is C28H27F3N2O2. The lowest BCUT2D eigenvalue weighted by Gasteiger charge is -2.38. The number of likely N-dealkylation sites (tertiary alicyclic amines) is 1. The number of aliphatic hydroxyl groups excluding tert-OH is 1. The fraction of sp³-hybridized carbons (Fsp3) is 0.250. The number of hydrogen-bond acceptors (Lipinski definition) is 4. The van der Waals surface area contributed by atoms with Crippen LogP contribution in [0.15, 0.2) is 90.3 Å². The van der Waals surface area contributed by atoms with Crippen LogP contribution in [0.3, 0.4) is 0 Å². The first-order valence-electron chi connectivity index (χ1n) is 11.3. The van der Waals surface area contributed by atoms with Crippen molar-refractivity contribution in [1.29, 1.82) is 0 Å². The highest BCUT2D eigenvalue weighted by Gasteiger charge is 2.34. The number of alkyl halides is 3. The van der Waals surface area contributed by atoms with E-state index < -0.39 is 11.7 Å². The molecule has 0 aliphatic carbocycles. The lowest BCUT2D eigenvalue weighted by Crippen LogP contribution is -2.46. The Hall–Kier alpha value is -3.58. The van der Waals surface area contributed by atoms with Crippen LogP contribution in [-0.2, 0) is 24.2 Å². The maximum absolute atomic E-state index is 13.7. The van der Waals surface area contributed by atoms with Gasteiger partial charge in [-0.2, -0.15) is 13.2 Å². The maximum Gasteiger partial charge on any atom is 0.417 e. The van der Waals surface area contributed by atoms with E-state index in [2.05, 4.69) is 16.6 Å². The van der Waals surface area contributed by atoms with Gasteiger partial charge in [0.15, 0.2) is 0 Å². The molecule has 3 aromatic carbocycles. The van der Waals surface area contributed by atoms with Crippen LogP contribution < -0.4 is 0 Å². The molecule has 182 valence electrons. The number of aliphatic hydroxyl groups is 1. The van der Waals surface area contributed by atoms with Crippen molar-refractivity contribution >= 4 is 5.71 Å². The van der Waals surface area contributed by atoms with Gasteiger partial charge in [0.1, 0.15) is 6.61 Å². The number of nitrogens with zero attached hydrogens (tertiary/aromatic N) is 2. The first kappa shape index (κ1) is 24.5. The highest BCUT2D eigenvalue weighted by molar-refractivity contribution is 5.98. The molecule has 4 rings (SSSR count). The van der Waals surface area contributed by atoms with Gasteiger partial charge in [-0.25, -0.2) is 0 Å². The van der Waals surface area contributed by atoms with Crippen LogP contribution in [0.4, 0.5) is 13.2 Å². The van der Waals surface area contributed by atoms with Crippen LogP contribution >= 0.6 is 0 Å². The Bertz CT molecular complexity index is 1200. The van der Waals surface area contributed by atoms with Crippen LogP contribution in [0.25, 0.3) is 11.1 Å². The summed E-state index contributed by atoms with van der Waals surface area (Å²) >= 11 is 0. The normalized spacial score (nSPS) is 15.0. The zero-order valence-electron chi connectivity index (χ0n) is 19.4. The Kier molecular flexibility index (Phi) is 7.26. The van der Waals surface area contributed by atoms with E-state index in [1.54, 1.807) is 43.3 Å². The van der Waals surface area contributed by atoms with Crippen LogP contribution in [0.2, 0.25) is 0 Å². The fourth-order valence-corrected chi connectivity index (χ4v) is 4.06. The van der Waals surface area contributed by atoms with Crippen LogP contribution in [-0.4, -0.2) is 28.8 Å². The van der Waals surface area contributed by atoms with Gasteiger partial charge >= 0.3 is 6.18 Å². The van der Waals surface area contributed by atoms with E-state index in [0.29, 0.717) is 16.8 Å². The van der Waals surface area contributed by atoms with E-state index in [-0.39, 0.29) is 23.8 Å². The van der Waals surface area contributed by atoms with Crippen molar-refractivity contribution in [1.82, 2.24) is 4.90 Å². The highest BCUT2D eigenvalue weighted by atomic mass is 19.4. The largest absolute Gasteiger partial charge is 0.513 e. The summed E-state index contributed by atoms with van der Waals surface area (Å²) in [6.45, 7) is 7.69. The van der Waals surface area contributed by atoms with Gasteiger partial charge in [0.25, 0.3) is 0 Å². The van der Waals surface area contributed by atoms with Crippen molar-refractivity contribution in [3.63, 3.8) is 0 Å². The Morgan fingerprint density at radius 3 is 2.31 bits per heavy atom. The van der Waals surface area contributed by atoms with E-state index in [1.807, 2.05) is 24.3 Å². The van der Waals surface area contributed by atoms with Crippen molar-refractivity contribution in [2.75, 3.05) is 13.1 Å². The van der Waals surface area contributed by atoms with Gasteiger partial charge in [-0.15, -0.1) is 0 Å². The summed E-state index contributed by atoms with van der Waals surface area (Å²) in [4.78, 5) is 7.61. The zero-order chi connectivity index (χ0) is 25.0. The quantitative estimate of drug-likeness (QED) is 0.219. The standard InChI is InChI=1S/C28H27F3N2O2/c1-19(23-11-8-21(9-12-23)15-33-16-25(17-33)20(2)34)32-35-18-22-10-13-26(24-6-4-3-5-7-24)27(14-22)28(29,30)31/h3-14,25,34H,2,15-18H2,1H3/b32-19+. The van der Waals surface area contributed by atoms with Gasteiger partial charge in [0.05, 0.1) is 17.0 Å². The molecule has 4 nitrogen and oxygen atoms in total. The Morgan fingerprint density at radius 2 is 1.69 bits per heavy atom. The molecule has 35 heavy (non-hydrogen) atoms. The van der Waals surface area contributed by atoms with E-state index in [1.165, 1.54) is 6.07 Å². The summed E-state index contributed by atoms with van der Waals surface area (Å²) in [6, 6.07) is 20.6. The molecule has 0 amide bonds. The van der Waals surface area contributed by atoms with Crippen LogP contribution in [0, 0.1) is 5.92 Å². The highest BCUT2D eigenvalue weighted by Crippen LogP contribution is 2.37. The zero-order valence-corrected chi connectivity index (χ0v) is 19.4. The molecule has 0 bridgehead atoms. The van der Waals surface area contributed by atoms with Crippen molar-refractivity contribution in [3.8, 4) is 11.1 Å². The Labute approximate surface area is 203 Å². The van der Waals surface area contributed by atoms with E-state index in [9.17, 15) is 18.3 Å². The smallest absolute Gasteiger partial charge is 0.417 e. The first-order valence-corrected chi connectivity index (χ1v) is 11.3. The minimum absolute atomic E-state index is 0.0696. The Balaban J connectivity index is 1.37. The molecule has 1 aliphatic rings. The molecule has 0 atom stereocenters. The molecule has 0 radical (unpaired) electrons. The first-order chi connectivity index (χ1) is 16.7. The van der Waals surface area contributed by atoms with Gasteiger partial charge in [-0.3, -0.25) is 4.90 Å². The fourth-order valence-electron chi connectivity index (χ4n) is 4.06. The second kappa shape index (κ2) is 10.4. The van der Waals surface area contributed by atoms with Crippen molar-refractivity contribution in [3.05, 3.63) is 107 Å². The lowest BCUT2D eigenvalue weighted by atomic mass is 9.97. The second-order valence-corrected chi connectivity index (χ2v) is 8.77. The number of oxime groups is 1. The molecule has 3 aromatic rings. The lowest BCUT2D eigenvalue weighted by molar-refractivity contribution is -0.137. The molecule has 1 saturated heterocycles. The van der Waals surface area contributed by atoms with E-state index in [4.69, 9.17) is 4.84 Å². The number of halogens is 3. The number of rotatable bonds is 8. The monoisotopic (exact) mass is 480 g/mol. The minimum Gasteiger partial charge on any atom is -0.513 e. The molecule has 1 fully saturated rings. The molecule has 1 N–H and O–H groups in total. The van der Waals surface area contributed by atoms with Gasteiger partial charge in [-0.1, -0.05) is 78.5 Å². The summed E-state index contributed by atoms with van der Waals surface area (Å²) in [7, 11) is 0. The van der Waals surface area contributed by atoms with Crippen LogP contribution in [0.1, 0.15) is 29.2 Å². The molecule has 0 unspecified atom stereocenters. The molecular weight excluding hydrogens is 453 g/mol. The third-order valence-corrected chi connectivity index (χ3v) is 6.11. The second-order valence-electron chi connectivity index (χ2n) is 8.77. The molecule has 1 heterocycles. The average molecular weight is 481 g/mol. The molecule has 0 spiro atoms. The van der Waals surface area contributed by atoms with Crippen molar-refractivity contribution in [2.45, 2.75) is 26.3 Å². The number of hydrogen-bond donors (Lipinski definition) is 1. The van der Waals surface area contributed by atoms with Gasteiger partial charge < -0.3 is 9.94 Å². The van der Waals surface area contributed by atoms with Gasteiger partial charge in [-0.05, 0) is 40.8 Å². The predicted octanol–water partition coefficient (Wildman–Crippen LogP) is 6.82.